The van der Waals surface area contributed by atoms with Gasteiger partial charge in [0.15, 0.2) is 5.82 Å². The summed E-state index contributed by atoms with van der Waals surface area (Å²) in [4.78, 5) is 11.9. The van der Waals surface area contributed by atoms with Crippen molar-refractivity contribution < 1.29 is 8.94 Å². The molecule has 0 amide bonds. The molecule has 0 aliphatic rings. The molecule has 4 rings (SSSR count). The zero-order chi connectivity index (χ0) is 16.4. The van der Waals surface area contributed by atoms with Crippen LogP contribution in [0.5, 0.6) is 0 Å². The quantitative estimate of drug-likeness (QED) is 0.574. The van der Waals surface area contributed by atoms with Gasteiger partial charge in [-0.05, 0) is 12.1 Å². The first kappa shape index (κ1) is 14.1. The van der Waals surface area contributed by atoms with Crippen LogP contribution < -0.4 is 5.76 Å². The minimum Gasteiger partial charge on any atom is -0.419 e. The average molecular weight is 320 g/mol. The number of hydrogen-bond donors (Lipinski definition) is 0. The molecule has 2 aromatic carbocycles. The Balaban J connectivity index is 1.67. The molecule has 0 aliphatic heterocycles. The van der Waals surface area contributed by atoms with Gasteiger partial charge in [0, 0.05) is 11.1 Å². The molecule has 0 fully saturated rings. The summed E-state index contributed by atoms with van der Waals surface area (Å²) in [6.07, 6.45) is 0. The number of aromatic nitrogens is 4. The fourth-order valence-electron chi connectivity index (χ4n) is 2.35. The Labute approximate surface area is 136 Å². The van der Waals surface area contributed by atoms with E-state index in [-0.39, 0.29) is 6.54 Å². The Bertz CT molecular complexity index is 1000. The van der Waals surface area contributed by atoms with Crippen LogP contribution in [-0.4, -0.2) is 19.9 Å². The summed E-state index contributed by atoms with van der Waals surface area (Å²) in [7, 11) is 0. The van der Waals surface area contributed by atoms with Crippen molar-refractivity contribution in [2.75, 3.05) is 0 Å². The first-order valence-corrected chi connectivity index (χ1v) is 7.31. The number of nitrogens with zero attached hydrogens (tertiary/aromatic N) is 4. The van der Waals surface area contributed by atoms with Crippen LogP contribution in [0, 0.1) is 0 Å². The topological polar surface area (TPSA) is 87.0 Å². The van der Waals surface area contributed by atoms with Crippen LogP contribution in [-0.2, 0) is 6.54 Å². The van der Waals surface area contributed by atoms with Crippen molar-refractivity contribution in [3.8, 4) is 22.8 Å². The highest BCUT2D eigenvalue weighted by Crippen LogP contribution is 2.19. The van der Waals surface area contributed by atoms with E-state index in [1.165, 1.54) is 4.57 Å². The molecule has 0 saturated heterocycles. The Morgan fingerprint density at radius 2 is 1.54 bits per heavy atom. The van der Waals surface area contributed by atoms with Crippen molar-refractivity contribution in [3.63, 3.8) is 0 Å². The molecule has 7 heteroatoms. The molecule has 0 N–H and O–H groups in total. The number of rotatable bonds is 4. The van der Waals surface area contributed by atoms with Crippen molar-refractivity contribution in [2.45, 2.75) is 6.54 Å². The van der Waals surface area contributed by atoms with E-state index < -0.39 is 5.76 Å². The molecular weight excluding hydrogens is 308 g/mol. The lowest BCUT2D eigenvalue weighted by Gasteiger charge is -2.01. The van der Waals surface area contributed by atoms with E-state index in [0.29, 0.717) is 17.6 Å². The molecule has 118 valence electrons. The normalized spacial score (nSPS) is 10.8. The molecule has 0 bridgehead atoms. The Morgan fingerprint density at radius 1 is 0.875 bits per heavy atom. The third kappa shape index (κ3) is 2.63. The predicted molar refractivity (Wildman–Crippen MR) is 85.0 cm³/mol. The zero-order valence-electron chi connectivity index (χ0n) is 12.5. The lowest BCUT2D eigenvalue weighted by atomic mass is 10.2. The minimum atomic E-state index is -0.576. The van der Waals surface area contributed by atoms with Gasteiger partial charge in [-0.3, -0.25) is 4.52 Å². The zero-order valence-corrected chi connectivity index (χ0v) is 12.5. The second kappa shape index (κ2) is 5.96. The minimum absolute atomic E-state index is 0.0897. The maximum Gasteiger partial charge on any atom is 0.442 e. The van der Waals surface area contributed by atoms with Crippen LogP contribution in [0.4, 0.5) is 0 Å². The highest BCUT2D eigenvalue weighted by molar-refractivity contribution is 5.54. The monoisotopic (exact) mass is 320 g/mol. The van der Waals surface area contributed by atoms with Crippen molar-refractivity contribution in [1.82, 2.24) is 19.9 Å². The second-order valence-corrected chi connectivity index (χ2v) is 5.09. The first-order chi connectivity index (χ1) is 11.8. The molecule has 2 heterocycles. The third-order valence-electron chi connectivity index (χ3n) is 3.50. The van der Waals surface area contributed by atoms with Crippen LogP contribution in [0.2, 0.25) is 0 Å². The van der Waals surface area contributed by atoms with Crippen LogP contribution in [0.3, 0.4) is 0 Å². The Kier molecular flexibility index (Phi) is 3.51. The standard InChI is InChI=1S/C17H12N4O3/c22-17-21(15(20-24-17)12-7-3-1-4-8-12)11-14-18-19-16(23-14)13-9-5-2-6-10-13/h1-10H,11H2. The van der Waals surface area contributed by atoms with Crippen molar-refractivity contribution in [1.29, 1.82) is 0 Å². The highest BCUT2D eigenvalue weighted by Gasteiger charge is 2.16. The molecule has 7 nitrogen and oxygen atoms in total. The van der Waals surface area contributed by atoms with Gasteiger partial charge in [0.1, 0.15) is 6.54 Å². The lowest BCUT2D eigenvalue weighted by molar-refractivity contribution is 0.374. The molecule has 0 atom stereocenters. The molecular formula is C17H12N4O3. The smallest absolute Gasteiger partial charge is 0.419 e. The molecule has 2 aromatic heterocycles. The largest absolute Gasteiger partial charge is 0.442 e. The summed E-state index contributed by atoms with van der Waals surface area (Å²) < 4.78 is 11.8. The van der Waals surface area contributed by atoms with E-state index >= 15 is 0 Å². The summed E-state index contributed by atoms with van der Waals surface area (Å²) in [5.74, 6) is 0.543. The van der Waals surface area contributed by atoms with Gasteiger partial charge >= 0.3 is 5.76 Å². The van der Waals surface area contributed by atoms with Gasteiger partial charge in [-0.2, -0.15) is 0 Å². The van der Waals surface area contributed by atoms with E-state index in [9.17, 15) is 4.79 Å². The van der Waals surface area contributed by atoms with E-state index in [1.54, 1.807) is 0 Å². The van der Waals surface area contributed by atoms with E-state index in [2.05, 4.69) is 15.4 Å². The fourth-order valence-corrected chi connectivity index (χ4v) is 2.35. The van der Waals surface area contributed by atoms with Gasteiger partial charge in [0.05, 0.1) is 0 Å². The van der Waals surface area contributed by atoms with Gasteiger partial charge in [-0.15, -0.1) is 10.2 Å². The molecule has 0 radical (unpaired) electrons. The first-order valence-electron chi connectivity index (χ1n) is 7.31. The molecule has 0 spiro atoms. The second-order valence-electron chi connectivity index (χ2n) is 5.09. The van der Waals surface area contributed by atoms with E-state index in [0.717, 1.165) is 11.1 Å². The SMILES string of the molecule is O=c1onc(-c2ccccc2)n1Cc1nnc(-c2ccccc2)o1. The summed E-state index contributed by atoms with van der Waals surface area (Å²) in [5.41, 5.74) is 1.59. The van der Waals surface area contributed by atoms with Crippen molar-refractivity contribution in [3.05, 3.63) is 77.1 Å². The number of benzene rings is 2. The van der Waals surface area contributed by atoms with Crippen molar-refractivity contribution in [2.24, 2.45) is 0 Å². The van der Waals surface area contributed by atoms with Crippen molar-refractivity contribution >= 4 is 0 Å². The summed E-state index contributed by atoms with van der Waals surface area (Å²) in [5, 5.41) is 11.8. The lowest BCUT2D eigenvalue weighted by Crippen LogP contribution is -2.16. The Hall–Kier alpha value is -3.48. The maximum atomic E-state index is 11.9. The van der Waals surface area contributed by atoms with Gasteiger partial charge in [-0.1, -0.05) is 53.7 Å². The molecule has 24 heavy (non-hydrogen) atoms. The van der Waals surface area contributed by atoms with Gasteiger partial charge in [0.25, 0.3) is 0 Å². The fraction of sp³-hybridized carbons (Fsp3) is 0.0588. The van der Waals surface area contributed by atoms with Gasteiger partial charge in [-0.25, -0.2) is 9.36 Å². The molecule has 0 aliphatic carbocycles. The van der Waals surface area contributed by atoms with E-state index in [4.69, 9.17) is 8.94 Å². The summed E-state index contributed by atoms with van der Waals surface area (Å²) in [6, 6.07) is 18.7. The van der Waals surface area contributed by atoms with Gasteiger partial charge < -0.3 is 4.42 Å². The van der Waals surface area contributed by atoms with Gasteiger partial charge in [0.2, 0.25) is 11.8 Å². The summed E-state index contributed by atoms with van der Waals surface area (Å²) >= 11 is 0. The molecule has 0 unspecified atom stereocenters. The Morgan fingerprint density at radius 3 is 2.25 bits per heavy atom. The average Bonchev–Trinajstić information content (AvgIpc) is 3.25. The molecule has 0 saturated carbocycles. The summed E-state index contributed by atoms with van der Waals surface area (Å²) in [6.45, 7) is 0.0897. The van der Waals surface area contributed by atoms with Crippen LogP contribution in [0.25, 0.3) is 22.8 Å². The highest BCUT2D eigenvalue weighted by atomic mass is 16.5. The van der Waals surface area contributed by atoms with E-state index in [1.807, 2.05) is 60.7 Å². The third-order valence-corrected chi connectivity index (χ3v) is 3.50. The number of hydrogen-bond acceptors (Lipinski definition) is 6. The van der Waals surface area contributed by atoms with Crippen LogP contribution in [0.15, 0.2) is 74.4 Å². The maximum absolute atomic E-state index is 11.9. The van der Waals surface area contributed by atoms with Crippen LogP contribution in [0.1, 0.15) is 5.89 Å². The van der Waals surface area contributed by atoms with Crippen LogP contribution >= 0.6 is 0 Å². The molecule has 4 aromatic rings. The predicted octanol–water partition coefficient (Wildman–Crippen LogP) is 2.60.